The molecule has 0 unspecified atom stereocenters. The van der Waals surface area contributed by atoms with Crippen LogP contribution in [0.5, 0.6) is 5.75 Å². The van der Waals surface area contributed by atoms with Crippen LogP contribution in [-0.2, 0) is 9.53 Å². The number of benzene rings is 1. The van der Waals surface area contributed by atoms with Gasteiger partial charge < -0.3 is 19.9 Å². The van der Waals surface area contributed by atoms with Crippen molar-refractivity contribution < 1.29 is 24.2 Å². The lowest BCUT2D eigenvalue weighted by Crippen LogP contribution is -2.42. The number of aliphatic hydroxyl groups is 1. The largest absolute Gasteiger partial charge is 0.495 e. The Morgan fingerprint density at radius 3 is 2.53 bits per heavy atom. The fourth-order valence-electron chi connectivity index (χ4n) is 7.07. The third-order valence-electron chi connectivity index (χ3n) is 9.93. The van der Waals surface area contributed by atoms with Gasteiger partial charge in [-0.15, -0.1) is 0 Å². The summed E-state index contributed by atoms with van der Waals surface area (Å²) in [5.41, 5.74) is 3.73. The van der Waals surface area contributed by atoms with Crippen molar-refractivity contribution in [2.75, 3.05) is 31.7 Å². The fourth-order valence-corrected chi connectivity index (χ4v) is 7.07. The number of carbonyl (C=O) groups excluding carboxylic acids is 2. The van der Waals surface area contributed by atoms with Gasteiger partial charge in [-0.1, -0.05) is 6.07 Å². The van der Waals surface area contributed by atoms with Crippen molar-refractivity contribution in [1.29, 1.82) is 5.26 Å². The number of nitrogens with one attached hydrogen (secondary N) is 1. The van der Waals surface area contributed by atoms with E-state index >= 15 is 0 Å². The lowest BCUT2D eigenvalue weighted by molar-refractivity contribution is -0.124. The maximum Gasteiger partial charge on any atom is 0.407 e. The number of alkyl carbamates (subject to hydrolysis) is 1. The van der Waals surface area contributed by atoms with Crippen LogP contribution in [-0.4, -0.2) is 64.8 Å². The molecule has 0 radical (unpaired) electrons. The number of hydrogen-bond donors (Lipinski definition) is 2. The number of ether oxygens (including phenoxy) is 2. The number of amides is 2. The van der Waals surface area contributed by atoms with Crippen molar-refractivity contribution in [3.8, 4) is 22.9 Å². The van der Waals surface area contributed by atoms with Gasteiger partial charge in [-0.05, 0) is 111 Å². The van der Waals surface area contributed by atoms with Crippen molar-refractivity contribution >= 4 is 17.8 Å². The Balaban J connectivity index is 1.16. The minimum absolute atomic E-state index is 0.0717. The fraction of sp³-hybridized carbons (Fsp3) is 0.528. The molecule has 11 heteroatoms. The van der Waals surface area contributed by atoms with Gasteiger partial charge in [0.05, 0.1) is 31.5 Å². The molecule has 3 fully saturated rings. The maximum atomic E-state index is 14.3. The molecular weight excluding hydrogens is 596 g/mol. The van der Waals surface area contributed by atoms with E-state index < -0.39 is 6.09 Å². The Hall–Kier alpha value is -4.43. The van der Waals surface area contributed by atoms with Crippen LogP contribution in [0, 0.1) is 23.2 Å². The van der Waals surface area contributed by atoms with Crippen LogP contribution in [0.3, 0.4) is 0 Å². The monoisotopic (exact) mass is 640 g/mol. The Labute approximate surface area is 275 Å². The molecule has 1 aromatic carbocycles. The van der Waals surface area contributed by atoms with Crippen molar-refractivity contribution in [2.24, 2.45) is 11.8 Å². The molecule has 3 aliphatic rings. The van der Waals surface area contributed by atoms with Gasteiger partial charge >= 0.3 is 6.09 Å². The molecule has 47 heavy (non-hydrogen) atoms. The Bertz CT molecular complexity index is 1580. The topological polar surface area (TPSA) is 143 Å². The summed E-state index contributed by atoms with van der Waals surface area (Å²) in [6.45, 7) is 0.600. The zero-order valence-corrected chi connectivity index (χ0v) is 27.0. The normalized spacial score (nSPS) is 22.6. The number of methoxy groups -OCH3 is 1. The van der Waals surface area contributed by atoms with Crippen LogP contribution in [0.2, 0.25) is 0 Å². The van der Waals surface area contributed by atoms with Gasteiger partial charge in [0.25, 0.3) is 0 Å². The predicted molar refractivity (Wildman–Crippen MR) is 176 cm³/mol. The molecule has 6 rings (SSSR count). The van der Waals surface area contributed by atoms with Gasteiger partial charge in [0.15, 0.2) is 0 Å². The minimum atomic E-state index is -0.532. The SMILES string of the molecule is COc1ccc([C@H]2CC[C@H](CN(c3cc(-c4cnn(C5CC5)c4)ccn3)C(=O)[C@H]3CC[C@H](OC(=O)NCCO)CC3)CC2)cc1C#N. The standard InChI is InChI=1S/C36H44N6O5/c1-46-33-13-8-27(18-29(33)20-37)25-4-2-24(3-5-25)22-41(35(44)26-6-11-32(12-7-26)47-36(45)39-16-17-43)34-19-28(14-15-38-34)30-21-40-42(23-30)31-9-10-31/h8,13-15,18-19,21,23-26,31-32,43H,2-7,9-12,16-17,22H2,1H3,(H,39,45)/t24-,25-,26-,32-. The number of aliphatic hydroxyl groups excluding tert-OH is 1. The predicted octanol–water partition coefficient (Wildman–Crippen LogP) is 5.74. The summed E-state index contributed by atoms with van der Waals surface area (Å²) in [7, 11) is 1.58. The van der Waals surface area contributed by atoms with Crippen LogP contribution in [0.1, 0.15) is 87.3 Å². The van der Waals surface area contributed by atoms with Crippen molar-refractivity contribution in [1.82, 2.24) is 20.1 Å². The molecule has 0 bridgehead atoms. The van der Waals surface area contributed by atoms with Crippen LogP contribution in [0.25, 0.3) is 11.1 Å². The van der Waals surface area contributed by atoms with E-state index in [1.165, 1.54) is 5.56 Å². The van der Waals surface area contributed by atoms with E-state index in [1.807, 2.05) is 40.0 Å². The molecule has 2 heterocycles. The van der Waals surface area contributed by atoms with Gasteiger partial charge in [-0.3, -0.25) is 14.4 Å². The van der Waals surface area contributed by atoms with Gasteiger partial charge in [-0.25, -0.2) is 9.78 Å². The second-order valence-electron chi connectivity index (χ2n) is 13.1. The highest BCUT2D eigenvalue weighted by atomic mass is 16.6. The van der Waals surface area contributed by atoms with Crippen molar-refractivity contribution in [3.05, 3.63) is 60.0 Å². The third-order valence-corrected chi connectivity index (χ3v) is 9.93. The molecule has 0 saturated heterocycles. The van der Waals surface area contributed by atoms with Crippen LogP contribution in [0.4, 0.5) is 10.6 Å². The van der Waals surface area contributed by atoms with Crippen molar-refractivity contribution in [2.45, 2.75) is 82.3 Å². The van der Waals surface area contributed by atoms with E-state index in [2.05, 4.69) is 28.7 Å². The molecule has 248 valence electrons. The first-order valence-electron chi connectivity index (χ1n) is 16.9. The van der Waals surface area contributed by atoms with Gasteiger partial charge in [0.2, 0.25) is 5.91 Å². The van der Waals surface area contributed by atoms with Crippen molar-refractivity contribution in [3.63, 3.8) is 0 Å². The first-order chi connectivity index (χ1) is 22.9. The number of nitriles is 1. The Morgan fingerprint density at radius 2 is 1.83 bits per heavy atom. The number of rotatable bonds is 11. The number of pyridine rings is 1. The first-order valence-corrected chi connectivity index (χ1v) is 16.9. The summed E-state index contributed by atoms with van der Waals surface area (Å²) >= 11 is 0. The first kappa shape index (κ1) is 32.5. The average Bonchev–Trinajstić information content (AvgIpc) is 3.85. The molecule has 0 aliphatic heterocycles. The maximum absolute atomic E-state index is 14.3. The van der Waals surface area contributed by atoms with Crippen LogP contribution in [0.15, 0.2) is 48.9 Å². The lowest BCUT2D eigenvalue weighted by Gasteiger charge is -2.35. The van der Waals surface area contributed by atoms with E-state index in [1.54, 1.807) is 13.3 Å². The molecule has 0 spiro atoms. The van der Waals surface area contributed by atoms with E-state index in [0.29, 0.717) is 67.2 Å². The number of aromatic nitrogens is 3. The van der Waals surface area contributed by atoms with E-state index in [9.17, 15) is 14.9 Å². The van der Waals surface area contributed by atoms with Crippen LogP contribution >= 0.6 is 0 Å². The van der Waals surface area contributed by atoms with Gasteiger partial charge in [-0.2, -0.15) is 10.4 Å². The Kier molecular flexibility index (Phi) is 10.4. The number of anilines is 1. The molecule has 2 amide bonds. The molecule has 3 aliphatic carbocycles. The third kappa shape index (κ3) is 7.93. The summed E-state index contributed by atoms with van der Waals surface area (Å²) in [5, 5.41) is 25.6. The Morgan fingerprint density at radius 1 is 1.04 bits per heavy atom. The molecule has 3 aromatic rings. The summed E-state index contributed by atoms with van der Waals surface area (Å²) in [6.07, 6.45) is 13.7. The molecule has 3 saturated carbocycles. The second kappa shape index (κ2) is 15.0. The summed E-state index contributed by atoms with van der Waals surface area (Å²) in [6, 6.07) is 12.6. The smallest absolute Gasteiger partial charge is 0.407 e. The van der Waals surface area contributed by atoms with Gasteiger partial charge in [0.1, 0.15) is 23.7 Å². The molecule has 2 N–H and O–H groups in total. The molecular formula is C36H44N6O5. The van der Waals surface area contributed by atoms with Gasteiger partial charge in [0, 0.05) is 37.0 Å². The minimum Gasteiger partial charge on any atom is -0.495 e. The number of hydrogen-bond acceptors (Lipinski definition) is 8. The molecule has 2 aromatic heterocycles. The quantitative estimate of drug-likeness (QED) is 0.270. The number of carbonyl (C=O) groups is 2. The summed E-state index contributed by atoms with van der Waals surface area (Å²) in [4.78, 5) is 32.9. The highest BCUT2D eigenvalue weighted by Gasteiger charge is 2.34. The zero-order chi connectivity index (χ0) is 32.8. The summed E-state index contributed by atoms with van der Waals surface area (Å²) in [5.74, 6) is 1.83. The molecule has 0 atom stereocenters. The molecule has 11 nitrogen and oxygen atoms in total. The van der Waals surface area contributed by atoms with E-state index in [0.717, 1.165) is 49.7 Å². The average molecular weight is 641 g/mol. The zero-order valence-electron chi connectivity index (χ0n) is 27.0. The summed E-state index contributed by atoms with van der Waals surface area (Å²) < 4.78 is 12.9. The number of nitrogens with zero attached hydrogens (tertiary/aromatic N) is 5. The second-order valence-corrected chi connectivity index (χ2v) is 13.1. The highest BCUT2D eigenvalue weighted by Crippen LogP contribution is 2.39. The highest BCUT2D eigenvalue weighted by molar-refractivity contribution is 5.94. The van der Waals surface area contributed by atoms with Crippen LogP contribution < -0.4 is 15.0 Å². The van der Waals surface area contributed by atoms with E-state index in [4.69, 9.17) is 19.6 Å². The lowest BCUT2D eigenvalue weighted by atomic mass is 9.78. The van der Waals surface area contributed by atoms with E-state index in [-0.39, 0.29) is 31.1 Å².